The molecule has 4 nitrogen and oxygen atoms in total. The second kappa shape index (κ2) is 3.92. The van der Waals surface area contributed by atoms with Crippen molar-refractivity contribution < 1.29 is 14.7 Å². The van der Waals surface area contributed by atoms with Gasteiger partial charge in [0.1, 0.15) is 5.41 Å². The summed E-state index contributed by atoms with van der Waals surface area (Å²) < 4.78 is 0. The molecule has 0 aliphatic carbocycles. The molecule has 78 valence electrons. The number of hydrogen-bond donors (Lipinski definition) is 2. The Bertz CT molecular complexity index is 296. The summed E-state index contributed by atoms with van der Waals surface area (Å²) in [6.45, 7) is 3.22. The van der Waals surface area contributed by atoms with E-state index >= 15 is 0 Å². The lowest BCUT2D eigenvalue weighted by atomic mass is 9.76. The highest BCUT2D eigenvalue weighted by molar-refractivity contribution is 6.15. The van der Waals surface area contributed by atoms with Gasteiger partial charge in [0.25, 0.3) is 0 Å². The van der Waals surface area contributed by atoms with Crippen molar-refractivity contribution in [1.29, 1.82) is 0 Å². The third kappa shape index (κ3) is 1.57. The van der Waals surface area contributed by atoms with E-state index in [1.165, 1.54) is 6.20 Å². The number of carbonyl (C=O) groups is 2. The first kappa shape index (κ1) is 10.9. The van der Waals surface area contributed by atoms with Crippen molar-refractivity contribution in [2.45, 2.75) is 26.7 Å². The second-order valence-electron chi connectivity index (χ2n) is 3.71. The van der Waals surface area contributed by atoms with Crippen LogP contribution in [0.4, 0.5) is 0 Å². The van der Waals surface area contributed by atoms with Gasteiger partial charge < -0.3 is 10.4 Å². The van der Waals surface area contributed by atoms with Crippen molar-refractivity contribution in [2.75, 3.05) is 6.61 Å². The van der Waals surface area contributed by atoms with Crippen LogP contribution in [0.3, 0.4) is 0 Å². The fourth-order valence-electron chi connectivity index (χ4n) is 1.68. The average Bonchev–Trinajstić information content (AvgIpc) is 2.16. The van der Waals surface area contributed by atoms with E-state index in [4.69, 9.17) is 5.11 Å². The molecule has 0 radical (unpaired) electrons. The van der Waals surface area contributed by atoms with Crippen LogP contribution in [-0.2, 0) is 9.59 Å². The first-order chi connectivity index (χ1) is 6.56. The lowest BCUT2D eigenvalue weighted by molar-refractivity contribution is -0.140. The Balaban J connectivity index is 3.01. The predicted octanol–water partition coefficient (Wildman–Crippen LogP) is 0.368. The van der Waals surface area contributed by atoms with E-state index < -0.39 is 5.41 Å². The van der Waals surface area contributed by atoms with E-state index in [-0.39, 0.29) is 23.9 Å². The van der Waals surface area contributed by atoms with E-state index in [1.807, 2.05) is 6.92 Å². The third-order valence-electron chi connectivity index (χ3n) is 2.59. The molecule has 0 aromatic heterocycles. The maximum absolute atomic E-state index is 11.8. The number of amides is 1. The standard InChI is InChI=1S/C10H15NO3/c1-3-4-10(2)8(13)7(6-12)5-11-9(10)14/h5,12H,3-4,6H2,1-2H3,(H,11,14). The molecule has 2 N–H and O–H groups in total. The van der Waals surface area contributed by atoms with E-state index in [2.05, 4.69) is 5.32 Å². The van der Waals surface area contributed by atoms with Crippen molar-refractivity contribution in [1.82, 2.24) is 5.32 Å². The van der Waals surface area contributed by atoms with Crippen molar-refractivity contribution in [3.05, 3.63) is 11.8 Å². The molecule has 0 saturated carbocycles. The molecule has 0 aromatic rings. The van der Waals surface area contributed by atoms with Crippen molar-refractivity contribution in [3.8, 4) is 0 Å². The van der Waals surface area contributed by atoms with Crippen LogP contribution in [0.15, 0.2) is 11.8 Å². The lowest BCUT2D eigenvalue weighted by Gasteiger charge is -2.29. The molecule has 1 aliphatic rings. The van der Waals surface area contributed by atoms with Crippen LogP contribution < -0.4 is 5.32 Å². The first-order valence-corrected chi connectivity index (χ1v) is 4.72. The van der Waals surface area contributed by atoms with Gasteiger partial charge in [-0.1, -0.05) is 13.3 Å². The number of Topliss-reactive ketones (excluding diaryl/α,β-unsaturated/α-hetero) is 1. The summed E-state index contributed by atoms with van der Waals surface area (Å²) in [7, 11) is 0. The number of nitrogens with one attached hydrogen (secondary N) is 1. The number of aliphatic hydroxyl groups is 1. The fraction of sp³-hybridized carbons (Fsp3) is 0.600. The zero-order valence-electron chi connectivity index (χ0n) is 8.46. The van der Waals surface area contributed by atoms with Gasteiger partial charge >= 0.3 is 0 Å². The summed E-state index contributed by atoms with van der Waals surface area (Å²) in [5, 5.41) is 11.4. The quantitative estimate of drug-likeness (QED) is 0.642. The zero-order chi connectivity index (χ0) is 10.8. The van der Waals surface area contributed by atoms with Gasteiger partial charge in [-0.05, 0) is 13.3 Å². The molecule has 1 atom stereocenters. The fourth-order valence-corrected chi connectivity index (χ4v) is 1.68. The Kier molecular flexibility index (Phi) is 3.06. The van der Waals surface area contributed by atoms with Gasteiger partial charge in [0.05, 0.1) is 6.61 Å². The van der Waals surface area contributed by atoms with Gasteiger partial charge in [-0.2, -0.15) is 0 Å². The Morgan fingerprint density at radius 1 is 1.50 bits per heavy atom. The topological polar surface area (TPSA) is 66.4 Å². The van der Waals surface area contributed by atoms with Gasteiger partial charge in [-0.3, -0.25) is 9.59 Å². The van der Waals surface area contributed by atoms with Crippen LogP contribution in [-0.4, -0.2) is 23.4 Å². The Labute approximate surface area is 83.0 Å². The molecule has 0 fully saturated rings. The number of ketones is 1. The van der Waals surface area contributed by atoms with Crippen LogP contribution in [0.25, 0.3) is 0 Å². The van der Waals surface area contributed by atoms with Crippen molar-refractivity contribution in [3.63, 3.8) is 0 Å². The van der Waals surface area contributed by atoms with Crippen molar-refractivity contribution >= 4 is 11.7 Å². The molecule has 1 heterocycles. The number of rotatable bonds is 3. The van der Waals surface area contributed by atoms with Gasteiger partial charge in [-0.15, -0.1) is 0 Å². The van der Waals surface area contributed by atoms with Gasteiger partial charge in [0, 0.05) is 11.8 Å². The largest absolute Gasteiger partial charge is 0.391 e. The maximum Gasteiger partial charge on any atom is 0.237 e. The minimum absolute atomic E-state index is 0.259. The highest BCUT2D eigenvalue weighted by Gasteiger charge is 2.43. The molecule has 1 rings (SSSR count). The SMILES string of the molecule is CCCC1(C)C(=O)NC=C(CO)C1=O. The van der Waals surface area contributed by atoms with Gasteiger partial charge in [0.2, 0.25) is 5.91 Å². The molecule has 0 spiro atoms. The number of aliphatic hydroxyl groups excluding tert-OH is 1. The van der Waals surface area contributed by atoms with Gasteiger partial charge in [-0.25, -0.2) is 0 Å². The summed E-state index contributed by atoms with van der Waals surface area (Å²) >= 11 is 0. The average molecular weight is 197 g/mol. The van der Waals surface area contributed by atoms with E-state index in [9.17, 15) is 9.59 Å². The molecule has 4 heteroatoms. The van der Waals surface area contributed by atoms with E-state index in [0.717, 1.165) is 6.42 Å². The van der Waals surface area contributed by atoms with Gasteiger partial charge in [0.15, 0.2) is 5.78 Å². The summed E-state index contributed by atoms with van der Waals surface area (Å²) in [6.07, 6.45) is 2.56. The normalized spacial score (nSPS) is 27.2. The van der Waals surface area contributed by atoms with Crippen molar-refractivity contribution in [2.24, 2.45) is 5.41 Å². The molecule has 1 aliphatic heterocycles. The maximum atomic E-state index is 11.8. The highest BCUT2D eigenvalue weighted by Crippen LogP contribution is 2.30. The molecule has 1 amide bonds. The molecular weight excluding hydrogens is 182 g/mol. The second-order valence-corrected chi connectivity index (χ2v) is 3.71. The Morgan fingerprint density at radius 3 is 2.64 bits per heavy atom. The molecule has 14 heavy (non-hydrogen) atoms. The Hall–Kier alpha value is -1.16. The summed E-state index contributed by atoms with van der Waals surface area (Å²) in [5.41, 5.74) is -0.720. The summed E-state index contributed by atoms with van der Waals surface area (Å²) in [4.78, 5) is 23.3. The van der Waals surface area contributed by atoms with Crippen LogP contribution >= 0.6 is 0 Å². The molecule has 1 unspecified atom stereocenters. The van der Waals surface area contributed by atoms with Crippen LogP contribution in [0, 0.1) is 5.41 Å². The number of carbonyl (C=O) groups excluding carboxylic acids is 2. The van der Waals surface area contributed by atoms with Crippen LogP contribution in [0.5, 0.6) is 0 Å². The minimum Gasteiger partial charge on any atom is -0.391 e. The van der Waals surface area contributed by atoms with E-state index in [0.29, 0.717) is 6.42 Å². The zero-order valence-corrected chi connectivity index (χ0v) is 8.46. The van der Waals surface area contributed by atoms with Crippen LogP contribution in [0.1, 0.15) is 26.7 Å². The third-order valence-corrected chi connectivity index (χ3v) is 2.59. The van der Waals surface area contributed by atoms with Crippen LogP contribution in [0.2, 0.25) is 0 Å². The molecule has 0 aromatic carbocycles. The number of hydrogen-bond acceptors (Lipinski definition) is 3. The monoisotopic (exact) mass is 197 g/mol. The predicted molar refractivity (Wildman–Crippen MR) is 51.3 cm³/mol. The smallest absolute Gasteiger partial charge is 0.237 e. The summed E-state index contributed by atoms with van der Waals surface area (Å²) in [5.74, 6) is -0.535. The van der Waals surface area contributed by atoms with E-state index in [1.54, 1.807) is 6.92 Å². The molecule has 0 saturated heterocycles. The first-order valence-electron chi connectivity index (χ1n) is 4.72. The highest BCUT2D eigenvalue weighted by atomic mass is 16.3. The summed E-state index contributed by atoms with van der Waals surface area (Å²) in [6, 6.07) is 0. The lowest BCUT2D eigenvalue weighted by Crippen LogP contribution is -2.47. The molecule has 0 bridgehead atoms. The minimum atomic E-state index is -0.998. The molecular formula is C10H15NO3. The Morgan fingerprint density at radius 2 is 2.14 bits per heavy atom.